The Morgan fingerprint density at radius 3 is 2.46 bits per heavy atom. The highest BCUT2D eigenvalue weighted by Gasteiger charge is 2.23. The SMILES string of the molecule is C/C(=C1/c2ccc(F)cc2COc2cc(F)ccc21)c1cccc([N+](=O)[O-])c1. The van der Waals surface area contributed by atoms with Crippen LogP contribution in [0.1, 0.15) is 29.2 Å². The predicted molar refractivity (Wildman–Crippen MR) is 102 cm³/mol. The third-order valence-electron chi connectivity index (χ3n) is 4.80. The smallest absolute Gasteiger partial charge is 0.270 e. The van der Waals surface area contributed by atoms with E-state index in [-0.39, 0.29) is 12.3 Å². The number of rotatable bonds is 2. The number of nitrogens with zero attached hydrogens (tertiary/aromatic N) is 1. The molecule has 0 spiro atoms. The van der Waals surface area contributed by atoms with Gasteiger partial charge in [0, 0.05) is 29.3 Å². The molecule has 0 radical (unpaired) electrons. The minimum Gasteiger partial charge on any atom is -0.488 e. The monoisotopic (exact) mass is 379 g/mol. The molecule has 0 atom stereocenters. The highest BCUT2D eigenvalue weighted by molar-refractivity contribution is 6.00. The lowest BCUT2D eigenvalue weighted by Crippen LogP contribution is -1.97. The molecule has 6 heteroatoms. The summed E-state index contributed by atoms with van der Waals surface area (Å²) in [5.41, 5.74) is 4.11. The second kappa shape index (κ2) is 6.88. The number of nitro benzene ring substituents is 1. The molecule has 0 amide bonds. The van der Waals surface area contributed by atoms with Crippen molar-refractivity contribution in [2.75, 3.05) is 0 Å². The summed E-state index contributed by atoms with van der Waals surface area (Å²) >= 11 is 0. The van der Waals surface area contributed by atoms with Crippen molar-refractivity contribution in [1.29, 1.82) is 0 Å². The van der Waals surface area contributed by atoms with Gasteiger partial charge in [-0.2, -0.15) is 0 Å². The van der Waals surface area contributed by atoms with E-state index in [1.165, 1.54) is 36.4 Å². The van der Waals surface area contributed by atoms with Gasteiger partial charge >= 0.3 is 0 Å². The Balaban J connectivity index is 2.02. The van der Waals surface area contributed by atoms with E-state index in [2.05, 4.69) is 0 Å². The minimum atomic E-state index is -0.454. The summed E-state index contributed by atoms with van der Waals surface area (Å²) in [7, 11) is 0. The molecule has 0 saturated heterocycles. The average Bonchev–Trinajstić information content (AvgIpc) is 2.83. The molecule has 28 heavy (non-hydrogen) atoms. The van der Waals surface area contributed by atoms with Crippen LogP contribution in [0.4, 0.5) is 14.5 Å². The zero-order chi connectivity index (χ0) is 19.8. The highest BCUT2D eigenvalue weighted by atomic mass is 19.1. The van der Waals surface area contributed by atoms with E-state index in [1.54, 1.807) is 24.3 Å². The summed E-state index contributed by atoms with van der Waals surface area (Å²) < 4.78 is 33.3. The summed E-state index contributed by atoms with van der Waals surface area (Å²) in [6, 6.07) is 14.9. The van der Waals surface area contributed by atoms with Gasteiger partial charge in [-0.25, -0.2) is 8.78 Å². The molecule has 0 aromatic heterocycles. The summed E-state index contributed by atoms with van der Waals surface area (Å²) in [5.74, 6) is -0.494. The van der Waals surface area contributed by atoms with Crippen molar-refractivity contribution in [3.8, 4) is 5.75 Å². The molecular weight excluding hydrogens is 364 g/mol. The fourth-order valence-corrected chi connectivity index (χ4v) is 3.45. The Kier molecular flexibility index (Phi) is 4.39. The van der Waals surface area contributed by atoms with Crippen LogP contribution in [-0.4, -0.2) is 4.92 Å². The molecule has 1 aliphatic heterocycles. The molecule has 1 heterocycles. The minimum absolute atomic E-state index is 0.0269. The van der Waals surface area contributed by atoms with Crippen LogP contribution in [0.3, 0.4) is 0 Å². The summed E-state index contributed by atoms with van der Waals surface area (Å²) in [6.07, 6.45) is 0. The molecule has 0 bridgehead atoms. The largest absolute Gasteiger partial charge is 0.488 e. The van der Waals surface area contributed by atoms with Gasteiger partial charge in [0.1, 0.15) is 24.0 Å². The second-order valence-corrected chi connectivity index (χ2v) is 6.54. The van der Waals surface area contributed by atoms with Gasteiger partial charge in [0.15, 0.2) is 0 Å². The van der Waals surface area contributed by atoms with Gasteiger partial charge in [-0.1, -0.05) is 18.2 Å². The predicted octanol–water partition coefficient (Wildman–Crippen LogP) is 5.74. The molecule has 0 unspecified atom stereocenters. The first-order chi connectivity index (χ1) is 13.4. The number of hydrogen-bond acceptors (Lipinski definition) is 3. The number of ether oxygens (including phenoxy) is 1. The van der Waals surface area contributed by atoms with E-state index < -0.39 is 16.6 Å². The van der Waals surface area contributed by atoms with Crippen molar-refractivity contribution in [2.45, 2.75) is 13.5 Å². The van der Waals surface area contributed by atoms with Crippen LogP contribution in [0, 0.1) is 21.7 Å². The number of non-ortho nitro benzene ring substituents is 1. The molecule has 0 aliphatic carbocycles. The van der Waals surface area contributed by atoms with Gasteiger partial charge in [-0.3, -0.25) is 10.1 Å². The van der Waals surface area contributed by atoms with Crippen LogP contribution in [0.25, 0.3) is 11.1 Å². The van der Waals surface area contributed by atoms with Crippen molar-refractivity contribution >= 4 is 16.8 Å². The van der Waals surface area contributed by atoms with Gasteiger partial charge in [0.25, 0.3) is 5.69 Å². The maximum atomic E-state index is 13.8. The lowest BCUT2D eigenvalue weighted by atomic mass is 9.88. The molecule has 0 fully saturated rings. The third-order valence-corrected chi connectivity index (χ3v) is 4.80. The number of hydrogen-bond donors (Lipinski definition) is 0. The highest BCUT2D eigenvalue weighted by Crippen LogP contribution is 2.41. The second-order valence-electron chi connectivity index (χ2n) is 6.54. The van der Waals surface area contributed by atoms with E-state index in [9.17, 15) is 18.9 Å². The average molecular weight is 379 g/mol. The van der Waals surface area contributed by atoms with Crippen molar-refractivity contribution in [2.24, 2.45) is 0 Å². The molecule has 0 saturated carbocycles. The summed E-state index contributed by atoms with van der Waals surface area (Å²) in [6.45, 7) is 1.93. The normalized spacial score (nSPS) is 14.4. The number of allylic oxidation sites excluding steroid dienone is 1. The van der Waals surface area contributed by atoms with Gasteiger partial charge in [0.2, 0.25) is 0 Å². The molecule has 1 aliphatic rings. The molecule has 4 nitrogen and oxygen atoms in total. The first kappa shape index (κ1) is 17.9. The quantitative estimate of drug-likeness (QED) is 0.421. The standard InChI is InChI=1S/C22H15F2NO3/c1-13(14-3-2-4-18(10-14)25(26)27)22-19-7-5-16(23)9-15(19)12-28-21-11-17(24)6-8-20(21)22/h2-11H,12H2,1H3/b22-13+. The van der Waals surface area contributed by atoms with Crippen molar-refractivity contribution in [3.05, 3.63) is 105 Å². The van der Waals surface area contributed by atoms with Gasteiger partial charge < -0.3 is 4.74 Å². The van der Waals surface area contributed by atoms with Crippen LogP contribution < -0.4 is 4.74 Å². The van der Waals surface area contributed by atoms with Gasteiger partial charge in [-0.05, 0) is 53.5 Å². The maximum absolute atomic E-state index is 13.8. The fourth-order valence-electron chi connectivity index (χ4n) is 3.45. The first-order valence-corrected chi connectivity index (χ1v) is 8.61. The number of nitro groups is 1. The Morgan fingerprint density at radius 2 is 1.71 bits per heavy atom. The zero-order valence-corrected chi connectivity index (χ0v) is 14.9. The van der Waals surface area contributed by atoms with Crippen molar-refractivity contribution in [3.63, 3.8) is 0 Å². The molecule has 0 N–H and O–H groups in total. The summed E-state index contributed by atoms with van der Waals surface area (Å²) in [5, 5.41) is 11.2. The topological polar surface area (TPSA) is 52.4 Å². The zero-order valence-electron chi connectivity index (χ0n) is 14.9. The lowest BCUT2D eigenvalue weighted by molar-refractivity contribution is -0.384. The fraction of sp³-hybridized carbons (Fsp3) is 0.0909. The Bertz CT molecular complexity index is 1080. The Labute approximate surface area is 159 Å². The molecule has 3 aromatic carbocycles. The Hall–Kier alpha value is -3.54. The van der Waals surface area contributed by atoms with Crippen LogP contribution >= 0.6 is 0 Å². The number of fused-ring (bicyclic) bond motifs is 2. The van der Waals surface area contributed by atoms with Crippen LogP contribution in [0.2, 0.25) is 0 Å². The number of halogens is 2. The van der Waals surface area contributed by atoms with E-state index in [4.69, 9.17) is 4.74 Å². The molecule has 140 valence electrons. The molecule has 3 aromatic rings. The first-order valence-electron chi connectivity index (χ1n) is 8.61. The van der Waals surface area contributed by atoms with Crippen LogP contribution in [-0.2, 0) is 6.61 Å². The van der Waals surface area contributed by atoms with E-state index >= 15 is 0 Å². The van der Waals surface area contributed by atoms with Crippen LogP contribution in [0.5, 0.6) is 5.75 Å². The third kappa shape index (κ3) is 3.13. The van der Waals surface area contributed by atoms with Gasteiger partial charge in [0.05, 0.1) is 4.92 Å². The molecular formula is C22H15F2NO3. The lowest BCUT2D eigenvalue weighted by Gasteiger charge is -2.15. The van der Waals surface area contributed by atoms with E-state index in [1.807, 2.05) is 6.92 Å². The number of benzene rings is 3. The summed E-state index contributed by atoms with van der Waals surface area (Å²) in [4.78, 5) is 10.7. The van der Waals surface area contributed by atoms with E-state index in [0.29, 0.717) is 22.4 Å². The Morgan fingerprint density at radius 1 is 1.00 bits per heavy atom. The van der Waals surface area contributed by atoms with E-state index in [0.717, 1.165) is 16.7 Å². The van der Waals surface area contributed by atoms with Crippen molar-refractivity contribution in [1.82, 2.24) is 0 Å². The van der Waals surface area contributed by atoms with Crippen LogP contribution in [0.15, 0.2) is 60.7 Å². The van der Waals surface area contributed by atoms with Crippen molar-refractivity contribution < 1.29 is 18.4 Å². The maximum Gasteiger partial charge on any atom is 0.270 e. The molecule has 4 rings (SSSR count). The van der Waals surface area contributed by atoms with Gasteiger partial charge in [-0.15, -0.1) is 0 Å².